The Balaban J connectivity index is 2.16. The molecule has 140 valence electrons. The summed E-state index contributed by atoms with van der Waals surface area (Å²) in [5, 5.41) is 11.3. The maximum absolute atomic E-state index is 12.6. The Labute approximate surface area is 171 Å². The summed E-state index contributed by atoms with van der Waals surface area (Å²) in [6, 6.07) is 9.49. The number of nitro benzene ring substituents is 1. The number of aromatic nitrogens is 1. The van der Waals surface area contributed by atoms with E-state index in [1.54, 1.807) is 35.9 Å². The van der Waals surface area contributed by atoms with Crippen molar-refractivity contribution in [1.82, 2.24) is 4.57 Å². The summed E-state index contributed by atoms with van der Waals surface area (Å²) in [5.74, 6) is -0.492. The molecule has 0 saturated carbocycles. The summed E-state index contributed by atoms with van der Waals surface area (Å²) in [7, 11) is 1.57. The minimum absolute atomic E-state index is 0.0180. The second-order valence-corrected chi connectivity index (χ2v) is 7.81. The monoisotopic (exact) mass is 469 g/mol. The van der Waals surface area contributed by atoms with Crippen molar-refractivity contribution in [3.8, 4) is 0 Å². The SMILES string of the molecule is COCCn1c(=NC(=O)c2cc(Br)ccc2Cl)sc2cc([N+](=O)[O-])ccc21. The van der Waals surface area contributed by atoms with Gasteiger partial charge in [0.2, 0.25) is 0 Å². The first-order valence-electron chi connectivity index (χ1n) is 7.71. The predicted octanol–water partition coefficient (Wildman–Crippen LogP) is 4.41. The first-order valence-corrected chi connectivity index (χ1v) is 9.70. The zero-order valence-electron chi connectivity index (χ0n) is 14.0. The van der Waals surface area contributed by atoms with Gasteiger partial charge < -0.3 is 9.30 Å². The van der Waals surface area contributed by atoms with E-state index in [9.17, 15) is 14.9 Å². The van der Waals surface area contributed by atoms with Crippen molar-refractivity contribution in [3.05, 3.63) is 66.4 Å². The minimum atomic E-state index is -0.492. The number of ether oxygens (including phenoxy) is 1. The number of rotatable bonds is 5. The van der Waals surface area contributed by atoms with Crippen LogP contribution in [0.4, 0.5) is 5.69 Å². The Morgan fingerprint density at radius 2 is 2.15 bits per heavy atom. The Hall–Kier alpha value is -2.07. The number of hydrogen-bond donors (Lipinski definition) is 0. The van der Waals surface area contributed by atoms with Crippen molar-refractivity contribution < 1.29 is 14.5 Å². The number of methoxy groups -OCH3 is 1. The molecule has 1 aromatic heterocycles. The molecule has 0 radical (unpaired) electrons. The summed E-state index contributed by atoms with van der Waals surface area (Å²) in [6.07, 6.45) is 0. The van der Waals surface area contributed by atoms with Crippen LogP contribution < -0.4 is 4.80 Å². The van der Waals surface area contributed by atoms with E-state index in [4.69, 9.17) is 16.3 Å². The largest absolute Gasteiger partial charge is 0.383 e. The number of nitrogens with zero attached hydrogens (tertiary/aromatic N) is 3. The molecule has 0 bridgehead atoms. The number of fused-ring (bicyclic) bond motifs is 1. The zero-order valence-corrected chi connectivity index (χ0v) is 17.2. The highest BCUT2D eigenvalue weighted by molar-refractivity contribution is 9.10. The molecular formula is C17H13BrClN3O4S. The highest BCUT2D eigenvalue weighted by Gasteiger charge is 2.14. The molecule has 0 spiro atoms. The Bertz CT molecular complexity index is 1110. The normalized spacial score (nSPS) is 11.9. The number of non-ortho nitro benzene ring substituents is 1. The van der Waals surface area contributed by atoms with Crippen molar-refractivity contribution in [2.75, 3.05) is 13.7 Å². The molecule has 2 aromatic carbocycles. The number of thiazole rings is 1. The van der Waals surface area contributed by atoms with E-state index in [1.165, 1.54) is 23.5 Å². The summed E-state index contributed by atoms with van der Waals surface area (Å²) in [5.41, 5.74) is 0.998. The van der Waals surface area contributed by atoms with E-state index in [0.717, 1.165) is 5.52 Å². The molecule has 3 aromatic rings. The van der Waals surface area contributed by atoms with Crippen LogP contribution in [0.25, 0.3) is 10.2 Å². The average Bonchev–Trinajstić information content (AvgIpc) is 2.97. The number of nitro groups is 1. The predicted molar refractivity (Wildman–Crippen MR) is 107 cm³/mol. The van der Waals surface area contributed by atoms with E-state index in [1.807, 2.05) is 0 Å². The fraction of sp³-hybridized carbons (Fsp3) is 0.176. The molecule has 0 aliphatic rings. The Morgan fingerprint density at radius 3 is 2.85 bits per heavy atom. The Morgan fingerprint density at radius 1 is 1.37 bits per heavy atom. The van der Waals surface area contributed by atoms with E-state index in [0.29, 0.717) is 32.1 Å². The summed E-state index contributed by atoms with van der Waals surface area (Å²) < 4.78 is 8.30. The number of carbonyl (C=O) groups is 1. The maximum atomic E-state index is 12.6. The van der Waals surface area contributed by atoms with Crippen LogP contribution in [0.1, 0.15) is 10.4 Å². The molecule has 0 saturated heterocycles. The summed E-state index contributed by atoms with van der Waals surface area (Å²) in [6.45, 7) is 0.856. The van der Waals surface area contributed by atoms with E-state index < -0.39 is 10.8 Å². The number of carbonyl (C=O) groups excluding carboxylic acids is 1. The van der Waals surface area contributed by atoms with Gasteiger partial charge in [-0.15, -0.1) is 0 Å². The quantitative estimate of drug-likeness (QED) is 0.408. The van der Waals surface area contributed by atoms with Crippen LogP contribution >= 0.6 is 38.9 Å². The van der Waals surface area contributed by atoms with E-state index in [-0.39, 0.29) is 11.3 Å². The van der Waals surface area contributed by atoms with Crippen LogP contribution in [0.15, 0.2) is 45.9 Å². The number of hydrogen-bond acceptors (Lipinski definition) is 5. The molecule has 0 aliphatic carbocycles. The van der Waals surface area contributed by atoms with Gasteiger partial charge in [-0.25, -0.2) is 0 Å². The van der Waals surface area contributed by atoms with Gasteiger partial charge in [0, 0.05) is 30.3 Å². The molecule has 0 N–H and O–H groups in total. The Kier molecular flexibility index (Phi) is 6.05. The number of halogens is 2. The first-order chi connectivity index (χ1) is 12.9. The number of amides is 1. The molecule has 27 heavy (non-hydrogen) atoms. The van der Waals surface area contributed by atoms with Crippen LogP contribution in [0.5, 0.6) is 0 Å². The third-order valence-electron chi connectivity index (χ3n) is 3.75. The lowest BCUT2D eigenvalue weighted by molar-refractivity contribution is -0.384. The molecule has 1 heterocycles. The molecule has 7 nitrogen and oxygen atoms in total. The number of benzene rings is 2. The van der Waals surface area contributed by atoms with Gasteiger partial charge in [-0.3, -0.25) is 14.9 Å². The fourth-order valence-electron chi connectivity index (χ4n) is 2.47. The summed E-state index contributed by atoms with van der Waals surface area (Å²) in [4.78, 5) is 27.8. The third-order valence-corrected chi connectivity index (χ3v) is 5.62. The van der Waals surface area contributed by atoms with Crippen LogP contribution in [-0.2, 0) is 11.3 Å². The molecule has 3 rings (SSSR count). The topological polar surface area (TPSA) is 86.7 Å². The minimum Gasteiger partial charge on any atom is -0.383 e. The van der Waals surface area contributed by atoms with Gasteiger partial charge >= 0.3 is 0 Å². The highest BCUT2D eigenvalue weighted by Crippen LogP contribution is 2.24. The van der Waals surface area contributed by atoms with Crippen molar-refractivity contribution in [2.24, 2.45) is 4.99 Å². The van der Waals surface area contributed by atoms with Gasteiger partial charge in [0.25, 0.3) is 11.6 Å². The summed E-state index contributed by atoms with van der Waals surface area (Å²) >= 11 is 10.6. The third kappa shape index (κ3) is 4.27. The van der Waals surface area contributed by atoms with Gasteiger partial charge in [-0.1, -0.05) is 38.9 Å². The molecular weight excluding hydrogens is 458 g/mol. The van der Waals surface area contributed by atoms with E-state index in [2.05, 4.69) is 20.9 Å². The maximum Gasteiger partial charge on any atom is 0.281 e. The van der Waals surface area contributed by atoms with Crippen LogP contribution in [0.3, 0.4) is 0 Å². The first kappa shape index (κ1) is 19.7. The fourth-order valence-corrected chi connectivity index (χ4v) is 4.11. The molecule has 0 aliphatic heterocycles. The van der Waals surface area contributed by atoms with Gasteiger partial charge in [-0.2, -0.15) is 4.99 Å². The van der Waals surface area contributed by atoms with Crippen molar-refractivity contribution >= 4 is 60.7 Å². The second kappa shape index (κ2) is 8.30. The van der Waals surface area contributed by atoms with Gasteiger partial charge in [-0.05, 0) is 24.3 Å². The van der Waals surface area contributed by atoms with Crippen LogP contribution in [0.2, 0.25) is 5.02 Å². The smallest absolute Gasteiger partial charge is 0.281 e. The van der Waals surface area contributed by atoms with Gasteiger partial charge in [0.05, 0.1) is 32.3 Å². The van der Waals surface area contributed by atoms with E-state index >= 15 is 0 Å². The molecule has 0 unspecified atom stereocenters. The molecule has 1 amide bonds. The molecule has 0 atom stereocenters. The lowest BCUT2D eigenvalue weighted by Crippen LogP contribution is -2.19. The van der Waals surface area contributed by atoms with Crippen molar-refractivity contribution in [1.29, 1.82) is 0 Å². The average molecular weight is 471 g/mol. The van der Waals surface area contributed by atoms with Gasteiger partial charge in [0.1, 0.15) is 0 Å². The van der Waals surface area contributed by atoms with Crippen molar-refractivity contribution in [3.63, 3.8) is 0 Å². The van der Waals surface area contributed by atoms with Gasteiger partial charge in [0.15, 0.2) is 4.80 Å². The molecule has 0 fully saturated rings. The molecule has 10 heteroatoms. The van der Waals surface area contributed by atoms with Crippen molar-refractivity contribution in [2.45, 2.75) is 6.54 Å². The lowest BCUT2D eigenvalue weighted by atomic mass is 10.2. The second-order valence-electron chi connectivity index (χ2n) is 5.48. The zero-order chi connectivity index (χ0) is 19.6. The van der Waals surface area contributed by atoms with Crippen LogP contribution in [-0.4, -0.2) is 29.1 Å². The lowest BCUT2D eigenvalue weighted by Gasteiger charge is -2.04. The highest BCUT2D eigenvalue weighted by atomic mass is 79.9. The standard InChI is InChI=1S/C17H13BrClN3O4S/c1-26-7-6-21-14-5-3-11(22(24)25)9-15(14)27-17(21)20-16(23)12-8-10(18)2-4-13(12)19/h2-5,8-9H,6-7H2,1H3. The van der Waals surface area contributed by atoms with Crippen LogP contribution in [0, 0.1) is 10.1 Å².